The summed E-state index contributed by atoms with van der Waals surface area (Å²) in [6, 6.07) is 0. The standard InChI is InChI=1S/C11H17F3N2O3/c1-4-19-9(17)7(5-15)8(11(12,13)14)16-6-10(2,3)18/h5,15-16,18H,4,6H2,1-3H3/b8-7+,15-5?. The van der Waals surface area contributed by atoms with Crippen LogP contribution in [0.2, 0.25) is 0 Å². The lowest BCUT2D eigenvalue weighted by molar-refractivity contribution is -0.139. The highest BCUT2D eigenvalue weighted by Gasteiger charge is 2.39. The second-order valence-electron chi connectivity index (χ2n) is 4.32. The van der Waals surface area contributed by atoms with E-state index in [0.717, 1.165) is 0 Å². The van der Waals surface area contributed by atoms with Crippen molar-refractivity contribution in [1.82, 2.24) is 5.32 Å². The van der Waals surface area contributed by atoms with Gasteiger partial charge in [0.1, 0.15) is 11.3 Å². The minimum atomic E-state index is -4.86. The van der Waals surface area contributed by atoms with Gasteiger partial charge in [0.2, 0.25) is 0 Å². The Bertz CT molecular complexity index is 370. The monoisotopic (exact) mass is 282 g/mol. The first-order valence-corrected chi connectivity index (χ1v) is 5.48. The molecular weight excluding hydrogens is 265 g/mol. The lowest BCUT2D eigenvalue weighted by Gasteiger charge is -2.22. The molecule has 0 saturated carbocycles. The number of carbonyl (C=O) groups excluding carboxylic acids is 1. The van der Waals surface area contributed by atoms with E-state index in [4.69, 9.17) is 5.41 Å². The fourth-order valence-corrected chi connectivity index (χ4v) is 1.09. The first kappa shape index (κ1) is 17.4. The second-order valence-corrected chi connectivity index (χ2v) is 4.32. The summed E-state index contributed by atoms with van der Waals surface area (Å²) in [5, 5.41) is 18.3. The summed E-state index contributed by atoms with van der Waals surface area (Å²) in [5.41, 5.74) is -3.74. The van der Waals surface area contributed by atoms with Gasteiger partial charge >= 0.3 is 12.1 Å². The Morgan fingerprint density at radius 2 is 1.95 bits per heavy atom. The van der Waals surface area contributed by atoms with Crippen LogP contribution in [0.3, 0.4) is 0 Å². The van der Waals surface area contributed by atoms with Gasteiger partial charge in [-0.25, -0.2) is 4.79 Å². The number of hydrogen-bond donors (Lipinski definition) is 3. The summed E-state index contributed by atoms with van der Waals surface area (Å²) in [7, 11) is 0. The van der Waals surface area contributed by atoms with Crippen molar-refractivity contribution in [3.63, 3.8) is 0 Å². The Labute approximate surface area is 109 Å². The van der Waals surface area contributed by atoms with Crippen LogP contribution >= 0.6 is 0 Å². The average molecular weight is 282 g/mol. The molecule has 0 bridgehead atoms. The van der Waals surface area contributed by atoms with Crippen LogP contribution in [-0.4, -0.2) is 42.2 Å². The van der Waals surface area contributed by atoms with Gasteiger partial charge in [0, 0.05) is 12.8 Å². The van der Waals surface area contributed by atoms with Gasteiger partial charge in [-0.3, -0.25) is 0 Å². The minimum absolute atomic E-state index is 0.104. The molecule has 0 aliphatic carbocycles. The van der Waals surface area contributed by atoms with Crippen LogP contribution in [0, 0.1) is 5.41 Å². The molecule has 0 aromatic carbocycles. The smallest absolute Gasteiger partial charge is 0.431 e. The summed E-state index contributed by atoms with van der Waals surface area (Å²) in [5.74, 6) is -1.24. The van der Waals surface area contributed by atoms with Crippen LogP contribution in [0.1, 0.15) is 20.8 Å². The number of carbonyl (C=O) groups is 1. The van der Waals surface area contributed by atoms with E-state index in [9.17, 15) is 23.1 Å². The van der Waals surface area contributed by atoms with E-state index in [0.29, 0.717) is 0 Å². The Balaban J connectivity index is 5.41. The third-order valence-corrected chi connectivity index (χ3v) is 1.89. The van der Waals surface area contributed by atoms with Crippen LogP contribution in [-0.2, 0) is 9.53 Å². The maximum atomic E-state index is 12.8. The van der Waals surface area contributed by atoms with Gasteiger partial charge in [0.15, 0.2) is 0 Å². The molecule has 0 unspecified atom stereocenters. The number of ether oxygens (including phenoxy) is 1. The van der Waals surface area contributed by atoms with Crippen LogP contribution < -0.4 is 5.32 Å². The van der Waals surface area contributed by atoms with Gasteiger partial charge in [-0.15, -0.1) is 0 Å². The van der Waals surface area contributed by atoms with Crippen LogP contribution in [0.25, 0.3) is 0 Å². The third kappa shape index (κ3) is 6.23. The van der Waals surface area contributed by atoms with Crippen molar-refractivity contribution in [2.24, 2.45) is 0 Å². The molecule has 0 fully saturated rings. The molecule has 110 valence electrons. The normalized spacial score (nSPS) is 13.6. The Morgan fingerprint density at radius 1 is 1.42 bits per heavy atom. The molecule has 0 aromatic rings. The minimum Gasteiger partial charge on any atom is -0.462 e. The van der Waals surface area contributed by atoms with Crippen LogP contribution in [0.5, 0.6) is 0 Å². The maximum absolute atomic E-state index is 12.8. The van der Waals surface area contributed by atoms with Gasteiger partial charge in [-0.2, -0.15) is 13.2 Å². The van der Waals surface area contributed by atoms with Gasteiger partial charge in [-0.1, -0.05) is 0 Å². The molecule has 0 radical (unpaired) electrons. The van der Waals surface area contributed by atoms with Crippen molar-refractivity contribution < 1.29 is 27.8 Å². The Morgan fingerprint density at radius 3 is 2.26 bits per heavy atom. The van der Waals surface area contributed by atoms with E-state index in [1.165, 1.54) is 20.8 Å². The zero-order chi connectivity index (χ0) is 15.3. The number of allylic oxidation sites excluding steroid dienone is 1. The number of hydrogen-bond acceptors (Lipinski definition) is 5. The van der Waals surface area contributed by atoms with Crippen LogP contribution in [0.15, 0.2) is 11.3 Å². The number of nitrogens with one attached hydrogen (secondary N) is 2. The average Bonchev–Trinajstić information content (AvgIpc) is 2.21. The third-order valence-electron chi connectivity index (χ3n) is 1.89. The Kier molecular flexibility index (Phi) is 6.01. The van der Waals surface area contributed by atoms with Crippen molar-refractivity contribution >= 4 is 12.2 Å². The lowest BCUT2D eigenvalue weighted by Crippen LogP contribution is -2.39. The largest absolute Gasteiger partial charge is 0.462 e. The number of rotatable bonds is 6. The molecule has 0 amide bonds. The zero-order valence-corrected chi connectivity index (χ0v) is 10.9. The molecule has 19 heavy (non-hydrogen) atoms. The first-order valence-electron chi connectivity index (χ1n) is 5.48. The molecule has 0 saturated heterocycles. The van der Waals surface area contributed by atoms with Crippen molar-refractivity contribution in [2.75, 3.05) is 13.2 Å². The van der Waals surface area contributed by atoms with Crippen molar-refractivity contribution in [3.05, 3.63) is 11.3 Å². The number of alkyl halides is 3. The fraction of sp³-hybridized carbons (Fsp3) is 0.636. The number of esters is 1. The number of aliphatic hydroxyl groups is 1. The van der Waals surface area contributed by atoms with E-state index in [1.54, 1.807) is 0 Å². The molecule has 0 heterocycles. The Hall–Kier alpha value is -1.57. The zero-order valence-electron chi connectivity index (χ0n) is 10.9. The van der Waals surface area contributed by atoms with E-state index >= 15 is 0 Å². The highest BCUT2D eigenvalue weighted by Crippen LogP contribution is 2.26. The molecule has 0 aromatic heterocycles. The van der Waals surface area contributed by atoms with E-state index in [2.05, 4.69) is 4.74 Å². The molecule has 0 aliphatic heterocycles. The van der Waals surface area contributed by atoms with Gasteiger partial charge in [-0.05, 0) is 20.8 Å². The van der Waals surface area contributed by atoms with Gasteiger partial charge in [0.25, 0.3) is 0 Å². The maximum Gasteiger partial charge on any atom is 0.431 e. The molecule has 3 N–H and O–H groups in total. The summed E-state index contributed by atoms with van der Waals surface area (Å²) in [4.78, 5) is 11.4. The fourth-order valence-electron chi connectivity index (χ4n) is 1.09. The van der Waals surface area contributed by atoms with Crippen molar-refractivity contribution in [3.8, 4) is 0 Å². The highest BCUT2D eigenvalue weighted by atomic mass is 19.4. The predicted octanol–water partition coefficient (Wildman–Crippen LogP) is 1.38. The van der Waals surface area contributed by atoms with Crippen LogP contribution in [0.4, 0.5) is 13.2 Å². The van der Waals surface area contributed by atoms with Gasteiger partial charge in [0.05, 0.1) is 12.2 Å². The molecule has 5 nitrogen and oxygen atoms in total. The molecule has 0 rings (SSSR count). The quantitative estimate of drug-likeness (QED) is 0.390. The number of halogens is 3. The highest BCUT2D eigenvalue weighted by molar-refractivity contribution is 6.09. The van der Waals surface area contributed by atoms with Crippen molar-refractivity contribution in [2.45, 2.75) is 32.5 Å². The molecule has 0 atom stereocenters. The molecule has 0 aliphatic rings. The second kappa shape index (κ2) is 6.55. The summed E-state index contributed by atoms with van der Waals surface area (Å²) in [6.07, 6.45) is -4.58. The molecule has 8 heteroatoms. The summed E-state index contributed by atoms with van der Waals surface area (Å²) < 4.78 is 42.9. The predicted molar refractivity (Wildman–Crippen MR) is 62.8 cm³/mol. The SMILES string of the molecule is CCOC(=O)/C(C=N)=C(/NCC(C)(C)O)C(F)(F)F. The van der Waals surface area contributed by atoms with E-state index in [-0.39, 0.29) is 12.8 Å². The molecular formula is C11H17F3N2O3. The molecule has 0 spiro atoms. The summed E-state index contributed by atoms with van der Waals surface area (Å²) >= 11 is 0. The van der Waals surface area contributed by atoms with Crippen molar-refractivity contribution in [1.29, 1.82) is 5.41 Å². The first-order chi connectivity index (χ1) is 8.53. The van der Waals surface area contributed by atoms with E-state index in [1.807, 2.05) is 5.32 Å². The topological polar surface area (TPSA) is 82.4 Å². The lowest BCUT2D eigenvalue weighted by atomic mass is 10.1. The van der Waals surface area contributed by atoms with E-state index < -0.39 is 35.6 Å². The summed E-state index contributed by atoms with van der Waals surface area (Å²) in [6.45, 7) is 3.52. The van der Waals surface area contributed by atoms with Gasteiger partial charge < -0.3 is 20.6 Å².